The molecule has 1 saturated heterocycles. The Labute approximate surface area is 202 Å². The molecule has 0 aromatic heterocycles. The van der Waals surface area contributed by atoms with Crippen LogP contribution in [0.4, 0.5) is 5.69 Å². The number of nitrogens with zero attached hydrogens (tertiary/aromatic N) is 2. The second-order valence-corrected chi connectivity index (χ2v) is 9.80. The summed E-state index contributed by atoms with van der Waals surface area (Å²) in [6.07, 6.45) is 0.599. The predicted molar refractivity (Wildman–Crippen MR) is 129 cm³/mol. The van der Waals surface area contributed by atoms with Crippen molar-refractivity contribution < 1.29 is 23.9 Å². The average molecular weight is 469 g/mol. The Morgan fingerprint density at radius 2 is 1.63 bits per heavy atom. The molecule has 3 aromatic carbocycles. The van der Waals surface area contributed by atoms with Crippen molar-refractivity contribution in [2.75, 3.05) is 19.1 Å². The van der Waals surface area contributed by atoms with Crippen LogP contribution in [-0.4, -0.2) is 37.8 Å². The summed E-state index contributed by atoms with van der Waals surface area (Å²) in [4.78, 5) is 34.7. The van der Waals surface area contributed by atoms with E-state index >= 15 is 0 Å². The van der Waals surface area contributed by atoms with Gasteiger partial charge in [0.05, 0.1) is 37.5 Å². The molecule has 2 aliphatic heterocycles. The van der Waals surface area contributed by atoms with Gasteiger partial charge in [-0.25, -0.2) is 0 Å². The van der Waals surface area contributed by atoms with Crippen LogP contribution in [0.2, 0.25) is 0 Å². The molecule has 0 spiro atoms. The lowest BCUT2D eigenvalue weighted by Crippen LogP contribution is -2.41. The largest absolute Gasteiger partial charge is 0.497 e. The highest BCUT2D eigenvalue weighted by Crippen LogP contribution is 2.62. The van der Waals surface area contributed by atoms with Crippen molar-refractivity contribution in [1.29, 1.82) is 0 Å². The minimum Gasteiger partial charge on any atom is -0.497 e. The maximum atomic E-state index is 13.7. The molecule has 4 aliphatic rings. The van der Waals surface area contributed by atoms with Crippen LogP contribution in [-0.2, 0) is 14.4 Å². The summed E-state index contributed by atoms with van der Waals surface area (Å²) >= 11 is 0. The van der Waals surface area contributed by atoms with Crippen LogP contribution in [0.5, 0.6) is 11.5 Å². The normalized spacial score (nSPS) is 30.3. The lowest BCUT2D eigenvalue weighted by atomic mass is 9.71. The fraction of sp³-hybridized carbons (Fsp3) is 0.321. The second kappa shape index (κ2) is 7.31. The first-order valence-corrected chi connectivity index (χ1v) is 11.9. The van der Waals surface area contributed by atoms with Crippen molar-refractivity contribution in [3.8, 4) is 11.5 Å². The fourth-order valence-corrected chi connectivity index (χ4v) is 6.93. The van der Waals surface area contributed by atoms with E-state index in [-0.39, 0.29) is 47.5 Å². The van der Waals surface area contributed by atoms with E-state index in [1.165, 1.54) is 4.90 Å². The van der Waals surface area contributed by atoms with Crippen LogP contribution in [0.25, 0.3) is 10.8 Å². The number of carbonyl (C=O) groups excluding carboxylic acids is 2. The Hall–Kier alpha value is -3.87. The molecular formula is C28H24N2O5. The number of hydrogen-bond donors (Lipinski definition) is 0. The summed E-state index contributed by atoms with van der Waals surface area (Å²) in [5.41, 5.74) is 2.28. The number of imide groups is 1. The van der Waals surface area contributed by atoms with Crippen LogP contribution in [0.3, 0.4) is 0 Å². The van der Waals surface area contributed by atoms with Gasteiger partial charge >= 0.3 is 0 Å². The summed E-state index contributed by atoms with van der Waals surface area (Å²) in [5, 5.41) is 6.53. The Bertz CT molecular complexity index is 1430. The van der Waals surface area contributed by atoms with Crippen molar-refractivity contribution in [3.63, 3.8) is 0 Å². The molecule has 6 atom stereocenters. The van der Waals surface area contributed by atoms with Crippen LogP contribution in [0.1, 0.15) is 12.0 Å². The quantitative estimate of drug-likeness (QED) is 0.541. The standard InChI is InChI=1S/C28H24N2O5/c1-33-17-9-10-18(21(12-17)34-2)25-24-19-13-20(26(24)35-29-25)23-22(19)27(31)30(28(23)32)16-8-7-14-5-3-4-6-15(14)11-16/h3-12,19-20,22-24,26H,13H2,1-2H3/t19-,20-,22-,23-,24-,26-/m1/s1. The first-order valence-electron chi connectivity index (χ1n) is 11.9. The van der Waals surface area contributed by atoms with E-state index in [9.17, 15) is 9.59 Å². The molecule has 7 rings (SSSR count). The molecule has 0 unspecified atom stereocenters. The van der Waals surface area contributed by atoms with E-state index in [2.05, 4.69) is 5.16 Å². The number of ether oxygens (including phenoxy) is 2. The Morgan fingerprint density at radius 1 is 0.857 bits per heavy atom. The Balaban J connectivity index is 1.24. The summed E-state index contributed by atoms with van der Waals surface area (Å²) in [6, 6.07) is 19.3. The number of fused-ring (bicyclic) bond motifs is 9. The van der Waals surface area contributed by atoms with Gasteiger partial charge in [-0.2, -0.15) is 0 Å². The zero-order valence-electron chi connectivity index (χ0n) is 19.4. The molecule has 3 fully saturated rings. The maximum absolute atomic E-state index is 13.7. The van der Waals surface area contributed by atoms with E-state index in [4.69, 9.17) is 14.3 Å². The third kappa shape index (κ3) is 2.69. The molecule has 7 heteroatoms. The molecule has 0 N–H and O–H groups in total. The molecule has 176 valence electrons. The van der Waals surface area contributed by atoms with E-state index in [0.717, 1.165) is 28.5 Å². The van der Waals surface area contributed by atoms with Gasteiger partial charge < -0.3 is 14.3 Å². The molecule has 2 amide bonds. The smallest absolute Gasteiger partial charge is 0.238 e. The second-order valence-electron chi connectivity index (χ2n) is 9.80. The van der Waals surface area contributed by atoms with E-state index < -0.39 is 0 Å². The van der Waals surface area contributed by atoms with E-state index in [1.54, 1.807) is 14.2 Å². The topological polar surface area (TPSA) is 77.4 Å². The molecule has 7 nitrogen and oxygen atoms in total. The van der Waals surface area contributed by atoms with Crippen molar-refractivity contribution in [1.82, 2.24) is 0 Å². The van der Waals surface area contributed by atoms with Crippen molar-refractivity contribution in [3.05, 3.63) is 66.2 Å². The molecule has 2 bridgehead atoms. The van der Waals surface area contributed by atoms with Gasteiger partial charge in [0.1, 0.15) is 17.6 Å². The SMILES string of the molecule is COc1ccc(C2=NO[C@@H]3[C@@H]4C[C@H]([C@H]5C(=O)N(c6ccc7ccccc7c6)C(=O)[C@H]45)[C@H]23)c(OC)c1. The lowest BCUT2D eigenvalue weighted by Gasteiger charge is -2.30. The highest BCUT2D eigenvalue weighted by Gasteiger charge is 2.70. The molecule has 3 aromatic rings. The van der Waals surface area contributed by atoms with Crippen LogP contribution in [0.15, 0.2) is 65.8 Å². The van der Waals surface area contributed by atoms with Gasteiger partial charge in [0, 0.05) is 23.5 Å². The average Bonchev–Trinajstić information content (AvgIpc) is 3.63. The Morgan fingerprint density at radius 3 is 2.40 bits per heavy atom. The van der Waals surface area contributed by atoms with Gasteiger partial charge in [-0.3, -0.25) is 14.5 Å². The molecule has 35 heavy (non-hydrogen) atoms. The minimum absolute atomic E-state index is 0.00460. The number of hydrogen-bond acceptors (Lipinski definition) is 6. The predicted octanol–water partition coefficient (Wildman–Crippen LogP) is 4.03. The van der Waals surface area contributed by atoms with Gasteiger partial charge in [0.25, 0.3) is 0 Å². The summed E-state index contributed by atoms with van der Waals surface area (Å²) < 4.78 is 11.0. The monoisotopic (exact) mass is 468 g/mol. The fourth-order valence-electron chi connectivity index (χ4n) is 6.93. The minimum atomic E-state index is -0.354. The van der Waals surface area contributed by atoms with Crippen LogP contribution in [0, 0.1) is 29.6 Å². The first kappa shape index (κ1) is 20.5. The van der Waals surface area contributed by atoms with Gasteiger partial charge in [-0.15, -0.1) is 0 Å². The number of oxime groups is 1. The van der Waals surface area contributed by atoms with Crippen LogP contribution >= 0.6 is 0 Å². The van der Waals surface area contributed by atoms with E-state index in [1.807, 2.05) is 60.7 Å². The number of rotatable bonds is 4. The van der Waals surface area contributed by atoms with Crippen molar-refractivity contribution >= 4 is 34.0 Å². The summed E-state index contributed by atoms with van der Waals surface area (Å²) in [6.45, 7) is 0. The third-order valence-electron chi connectivity index (χ3n) is 8.37. The van der Waals surface area contributed by atoms with Crippen molar-refractivity contribution in [2.24, 2.45) is 34.7 Å². The zero-order chi connectivity index (χ0) is 23.8. The number of anilines is 1. The number of methoxy groups -OCH3 is 2. The van der Waals surface area contributed by atoms with Crippen LogP contribution < -0.4 is 14.4 Å². The maximum Gasteiger partial charge on any atom is 0.238 e. The first-order chi connectivity index (χ1) is 17.1. The molecule has 2 aliphatic carbocycles. The third-order valence-corrected chi connectivity index (χ3v) is 8.37. The molecule has 0 radical (unpaired) electrons. The van der Waals surface area contributed by atoms with Gasteiger partial charge in [0.2, 0.25) is 11.8 Å². The molecule has 2 heterocycles. The van der Waals surface area contributed by atoms with Gasteiger partial charge in [0.15, 0.2) is 0 Å². The molecular weight excluding hydrogens is 444 g/mol. The summed E-state index contributed by atoms with van der Waals surface area (Å²) in [7, 11) is 3.23. The number of benzene rings is 3. The Kier molecular flexibility index (Phi) is 4.28. The number of carbonyl (C=O) groups is 2. The van der Waals surface area contributed by atoms with Gasteiger partial charge in [-0.1, -0.05) is 35.5 Å². The lowest BCUT2D eigenvalue weighted by molar-refractivity contribution is -0.125. The number of amides is 2. The highest BCUT2D eigenvalue weighted by atomic mass is 16.6. The zero-order valence-corrected chi connectivity index (χ0v) is 19.4. The highest BCUT2D eigenvalue weighted by molar-refractivity contribution is 6.23. The summed E-state index contributed by atoms with van der Waals surface area (Å²) in [5.74, 6) is 0.359. The molecule has 2 saturated carbocycles. The van der Waals surface area contributed by atoms with Gasteiger partial charge in [-0.05, 0) is 47.4 Å². The van der Waals surface area contributed by atoms with Crippen molar-refractivity contribution in [2.45, 2.75) is 12.5 Å². The van der Waals surface area contributed by atoms with E-state index in [0.29, 0.717) is 17.2 Å².